The van der Waals surface area contributed by atoms with Crippen LogP contribution in [0.2, 0.25) is 0 Å². The van der Waals surface area contributed by atoms with Gasteiger partial charge in [-0.25, -0.2) is 4.98 Å². The smallest absolute Gasteiger partial charge is 0.128 e. The number of hydrogen-bond acceptors (Lipinski definition) is 4. The Hall–Kier alpha value is -0.650. The highest BCUT2D eigenvalue weighted by molar-refractivity contribution is 9.10. The minimum absolute atomic E-state index is 0.613. The second kappa shape index (κ2) is 6.76. The first-order chi connectivity index (χ1) is 7.27. The number of hydrogen-bond donors (Lipinski definition) is 1. The molecule has 1 heterocycles. The topological polar surface area (TPSA) is 51.4 Å². The third-order valence-corrected chi connectivity index (χ3v) is 2.47. The van der Waals surface area contributed by atoms with Crippen molar-refractivity contribution in [1.82, 2.24) is 4.98 Å². The molecule has 0 spiro atoms. The molecule has 0 aliphatic heterocycles. The van der Waals surface area contributed by atoms with E-state index in [0.717, 1.165) is 23.4 Å². The maximum Gasteiger partial charge on any atom is 0.128 e. The summed E-state index contributed by atoms with van der Waals surface area (Å²) in [5.41, 5.74) is 5.55. The van der Waals surface area contributed by atoms with E-state index in [0.29, 0.717) is 13.2 Å². The predicted molar refractivity (Wildman–Crippen MR) is 65.1 cm³/mol. The number of halogens is 1. The van der Waals surface area contributed by atoms with Gasteiger partial charge in [0.1, 0.15) is 5.82 Å². The Kier molecular flexibility index (Phi) is 5.60. The number of rotatable bonds is 6. The van der Waals surface area contributed by atoms with Crippen LogP contribution in [-0.2, 0) is 4.74 Å². The summed E-state index contributed by atoms with van der Waals surface area (Å²) in [6, 6.07) is 3.94. The highest BCUT2D eigenvalue weighted by Crippen LogP contribution is 2.14. The fourth-order valence-corrected chi connectivity index (χ4v) is 1.49. The van der Waals surface area contributed by atoms with E-state index in [-0.39, 0.29) is 0 Å². The Morgan fingerprint density at radius 2 is 2.27 bits per heavy atom. The van der Waals surface area contributed by atoms with Crippen LogP contribution >= 0.6 is 15.9 Å². The molecule has 5 heteroatoms. The van der Waals surface area contributed by atoms with Crippen molar-refractivity contribution in [2.75, 3.05) is 38.3 Å². The minimum atomic E-state index is 0.613. The first-order valence-corrected chi connectivity index (χ1v) is 5.62. The van der Waals surface area contributed by atoms with Gasteiger partial charge >= 0.3 is 0 Å². The summed E-state index contributed by atoms with van der Waals surface area (Å²) < 4.78 is 6.02. The van der Waals surface area contributed by atoms with Gasteiger partial charge in [0.05, 0.1) is 6.61 Å². The third-order valence-electron chi connectivity index (χ3n) is 2.00. The van der Waals surface area contributed by atoms with Gasteiger partial charge in [-0.2, -0.15) is 0 Å². The molecule has 15 heavy (non-hydrogen) atoms. The van der Waals surface area contributed by atoms with Gasteiger partial charge in [0.2, 0.25) is 0 Å². The third kappa shape index (κ3) is 4.15. The van der Waals surface area contributed by atoms with Crippen LogP contribution in [0.25, 0.3) is 0 Å². The van der Waals surface area contributed by atoms with Crippen molar-refractivity contribution in [3.8, 4) is 0 Å². The number of ether oxygens (including phenoxy) is 1. The number of aromatic nitrogens is 1. The van der Waals surface area contributed by atoms with E-state index in [1.54, 1.807) is 13.3 Å². The molecule has 2 N–H and O–H groups in total. The average molecular weight is 274 g/mol. The molecule has 1 aromatic heterocycles. The Balaban J connectivity index is 2.65. The average Bonchev–Trinajstić information content (AvgIpc) is 2.25. The molecule has 1 rings (SSSR count). The molecule has 0 amide bonds. The van der Waals surface area contributed by atoms with Crippen LogP contribution in [0.4, 0.5) is 5.82 Å². The molecule has 0 aromatic carbocycles. The van der Waals surface area contributed by atoms with Crippen LogP contribution in [0.1, 0.15) is 0 Å². The van der Waals surface area contributed by atoms with Crippen LogP contribution in [-0.4, -0.2) is 38.3 Å². The van der Waals surface area contributed by atoms with Crippen LogP contribution in [0, 0.1) is 0 Å². The van der Waals surface area contributed by atoms with Gasteiger partial charge in [-0.1, -0.05) is 0 Å². The van der Waals surface area contributed by atoms with Crippen molar-refractivity contribution in [3.05, 3.63) is 22.8 Å². The molecule has 0 saturated heterocycles. The van der Waals surface area contributed by atoms with E-state index in [1.807, 2.05) is 12.1 Å². The monoisotopic (exact) mass is 273 g/mol. The fourth-order valence-electron chi connectivity index (χ4n) is 1.25. The lowest BCUT2D eigenvalue weighted by Crippen LogP contribution is -2.32. The van der Waals surface area contributed by atoms with Gasteiger partial charge in [0, 0.05) is 37.4 Å². The van der Waals surface area contributed by atoms with Gasteiger partial charge in [0.15, 0.2) is 0 Å². The van der Waals surface area contributed by atoms with E-state index in [9.17, 15) is 0 Å². The minimum Gasteiger partial charge on any atom is -0.383 e. The molecule has 4 nitrogen and oxygen atoms in total. The number of pyridine rings is 1. The summed E-state index contributed by atoms with van der Waals surface area (Å²) in [4.78, 5) is 6.43. The summed E-state index contributed by atoms with van der Waals surface area (Å²) in [6.45, 7) is 2.89. The molecular formula is C10H16BrN3O. The molecule has 1 aromatic rings. The second-order valence-corrected chi connectivity index (χ2v) is 4.02. The van der Waals surface area contributed by atoms with Crippen molar-refractivity contribution in [1.29, 1.82) is 0 Å². The second-order valence-electron chi connectivity index (χ2n) is 3.10. The number of methoxy groups -OCH3 is 1. The number of nitrogens with two attached hydrogens (primary N) is 1. The van der Waals surface area contributed by atoms with Gasteiger partial charge < -0.3 is 15.4 Å². The number of nitrogens with zero attached hydrogens (tertiary/aromatic N) is 2. The summed E-state index contributed by atoms with van der Waals surface area (Å²) in [7, 11) is 1.69. The zero-order chi connectivity index (χ0) is 11.1. The maximum absolute atomic E-state index is 5.55. The molecule has 0 aliphatic rings. The fraction of sp³-hybridized carbons (Fsp3) is 0.500. The zero-order valence-electron chi connectivity index (χ0n) is 8.82. The van der Waals surface area contributed by atoms with Gasteiger partial charge in [-0.15, -0.1) is 0 Å². The van der Waals surface area contributed by atoms with Crippen molar-refractivity contribution in [2.24, 2.45) is 5.73 Å². The maximum atomic E-state index is 5.55. The highest BCUT2D eigenvalue weighted by Gasteiger charge is 2.05. The van der Waals surface area contributed by atoms with Crippen LogP contribution in [0.5, 0.6) is 0 Å². The van der Waals surface area contributed by atoms with E-state index in [1.165, 1.54) is 0 Å². The lowest BCUT2D eigenvalue weighted by atomic mass is 10.4. The summed E-state index contributed by atoms with van der Waals surface area (Å²) >= 11 is 3.36. The number of anilines is 1. The van der Waals surface area contributed by atoms with Crippen molar-refractivity contribution in [2.45, 2.75) is 0 Å². The summed E-state index contributed by atoms with van der Waals surface area (Å²) in [5.74, 6) is 0.931. The molecule has 0 unspecified atom stereocenters. The first kappa shape index (κ1) is 12.4. The van der Waals surface area contributed by atoms with Crippen LogP contribution in [0.15, 0.2) is 22.8 Å². The molecule has 0 fully saturated rings. The van der Waals surface area contributed by atoms with Crippen LogP contribution in [0.3, 0.4) is 0 Å². The van der Waals surface area contributed by atoms with Gasteiger partial charge in [0.25, 0.3) is 0 Å². The molecule has 0 bridgehead atoms. The molecule has 84 valence electrons. The Bertz CT molecular complexity index is 279. The lowest BCUT2D eigenvalue weighted by Gasteiger charge is -2.22. The zero-order valence-corrected chi connectivity index (χ0v) is 10.4. The Labute approximate surface area is 98.6 Å². The molecule has 0 atom stereocenters. The van der Waals surface area contributed by atoms with Crippen molar-refractivity contribution < 1.29 is 4.74 Å². The van der Waals surface area contributed by atoms with E-state index < -0.39 is 0 Å². The van der Waals surface area contributed by atoms with Gasteiger partial charge in [-0.3, -0.25) is 0 Å². The normalized spacial score (nSPS) is 10.3. The molecule has 0 radical (unpaired) electrons. The van der Waals surface area contributed by atoms with E-state index in [2.05, 4.69) is 25.8 Å². The SMILES string of the molecule is COCCN(CCN)c1ccc(Br)cn1. The first-order valence-electron chi connectivity index (χ1n) is 4.83. The quantitative estimate of drug-likeness (QED) is 0.848. The highest BCUT2D eigenvalue weighted by atomic mass is 79.9. The summed E-state index contributed by atoms with van der Waals surface area (Å²) in [5, 5.41) is 0. The van der Waals surface area contributed by atoms with Crippen LogP contribution < -0.4 is 10.6 Å². The van der Waals surface area contributed by atoms with Crippen molar-refractivity contribution >= 4 is 21.7 Å². The molecular weight excluding hydrogens is 258 g/mol. The largest absolute Gasteiger partial charge is 0.383 e. The lowest BCUT2D eigenvalue weighted by molar-refractivity contribution is 0.205. The van der Waals surface area contributed by atoms with Crippen molar-refractivity contribution in [3.63, 3.8) is 0 Å². The van der Waals surface area contributed by atoms with E-state index in [4.69, 9.17) is 10.5 Å². The Morgan fingerprint density at radius 1 is 1.47 bits per heavy atom. The van der Waals surface area contributed by atoms with E-state index >= 15 is 0 Å². The van der Waals surface area contributed by atoms with Gasteiger partial charge in [-0.05, 0) is 28.1 Å². The summed E-state index contributed by atoms with van der Waals surface area (Å²) in [6.07, 6.45) is 1.78. The predicted octanol–water partition coefficient (Wildman–Crippen LogP) is 1.26. The molecule has 0 saturated carbocycles. The standard InChI is InChI=1S/C10H16BrN3O/c1-15-7-6-14(5-4-12)10-3-2-9(11)8-13-10/h2-3,8H,4-7,12H2,1H3. The molecule has 0 aliphatic carbocycles. The Morgan fingerprint density at radius 3 is 2.80 bits per heavy atom.